The topological polar surface area (TPSA) is 62.2 Å². The van der Waals surface area contributed by atoms with Crippen molar-refractivity contribution in [2.24, 2.45) is 0 Å². The predicted octanol–water partition coefficient (Wildman–Crippen LogP) is 0.923. The van der Waals surface area contributed by atoms with Gasteiger partial charge in [0.15, 0.2) is 0 Å². The van der Waals surface area contributed by atoms with E-state index in [0.29, 0.717) is 12.5 Å². The summed E-state index contributed by atoms with van der Waals surface area (Å²) in [7, 11) is 3.50. The monoisotopic (exact) mass is 279 g/mol. The fourth-order valence-corrected chi connectivity index (χ4v) is 2.51. The van der Waals surface area contributed by atoms with E-state index in [0.717, 1.165) is 31.9 Å². The molecular weight excluding hydrogens is 254 g/mol. The van der Waals surface area contributed by atoms with Crippen LogP contribution in [0.5, 0.6) is 0 Å². The Labute approximate surface area is 120 Å². The maximum absolute atomic E-state index is 11.6. The first kappa shape index (κ1) is 14.8. The molecule has 1 aliphatic rings. The van der Waals surface area contributed by atoms with Crippen molar-refractivity contribution in [3.05, 3.63) is 17.2 Å². The van der Waals surface area contributed by atoms with Gasteiger partial charge in [-0.05, 0) is 0 Å². The molecule has 0 bridgehead atoms. The molecule has 1 aromatic heterocycles. The van der Waals surface area contributed by atoms with Crippen molar-refractivity contribution < 1.29 is 4.79 Å². The van der Waals surface area contributed by atoms with Crippen molar-refractivity contribution in [3.63, 3.8) is 0 Å². The number of carbonyl (C=O) groups is 1. The van der Waals surface area contributed by atoms with E-state index >= 15 is 0 Å². The number of amides is 2. The predicted molar refractivity (Wildman–Crippen MR) is 78.8 cm³/mol. The van der Waals surface area contributed by atoms with E-state index in [2.05, 4.69) is 29.0 Å². The van der Waals surface area contributed by atoms with Crippen LogP contribution >= 0.6 is 0 Å². The van der Waals surface area contributed by atoms with Gasteiger partial charge in [0.2, 0.25) is 0 Å². The molecule has 0 aliphatic carbocycles. The van der Waals surface area contributed by atoms with Crippen LogP contribution in [-0.4, -0.2) is 47.7 Å². The van der Waals surface area contributed by atoms with Crippen molar-refractivity contribution in [3.8, 4) is 0 Å². The molecule has 0 radical (unpaired) electrons. The number of nitrogens with one attached hydrogen (secondary N) is 2. The average molecular weight is 279 g/mol. The van der Waals surface area contributed by atoms with Crippen molar-refractivity contribution in [1.29, 1.82) is 0 Å². The van der Waals surface area contributed by atoms with Crippen LogP contribution in [0.25, 0.3) is 0 Å². The maximum atomic E-state index is 11.6. The van der Waals surface area contributed by atoms with Gasteiger partial charge in [-0.15, -0.1) is 0 Å². The number of urea groups is 1. The molecule has 6 heteroatoms. The quantitative estimate of drug-likeness (QED) is 0.861. The number of fused-ring (bicyclic) bond motifs is 1. The zero-order valence-corrected chi connectivity index (χ0v) is 12.9. The van der Waals surface area contributed by atoms with Crippen LogP contribution < -0.4 is 10.6 Å². The summed E-state index contributed by atoms with van der Waals surface area (Å²) >= 11 is 0. The van der Waals surface area contributed by atoms with E-state index in [-0.39, 0.29) is 6.03 Å². The number of rotatable bonds is 4. The van der Waals surface area contributed by atoms with Crippen molar-refractivity contribution in [2.45, 2.75) is 39.3 Å². The largest absolute Gasteiger partial charge is 0.336 e. The zero-order valence-electron chi connectivity index (χ0n) is 12.9. The molecule has 0 fully saturated rings. The van der Waals surface area contributed by atoms with Crippen LogP contribution in [0.15, 0.2) is 0 Å². The summed E-state index contributed by atoms with van der Waals surface area (Å²) < 4.78 is 2.29. The summed E-state index contributed by atoms with van der Waals surface area (Å²) in [6.45, 7) is 7.60. The van der Waals surface area contributed by atoms with Gasteiger partial charge in [-0.25, -0.2) is 9.78 Å². The molecule has 1 aliphatic heterocycles. The minimum atomic E-state index is -0.0493. The van der Waals surface area contributed by atoms with Gasteiger partial charge in [0.05, 0.1) is 5.69 Å². The van der Waals surface area contributed by atoms with E-state index in [9.17, 15) is 4.79 Å². The molecule has 0 unspecified atom stereocenters. The molecule has 20 heavy (non-hydrogen) atoms. The Balaban J connectivity index is 2.09. The lowest BCUT2D eigenvalue weighted by molar-refractivity contribution is 0.217. The lowest BCUT2D eigenvalue weighted by atomic mass is 10.2. The summed E-state index contributed by atoms with van der Waals surface area (Å²) in [4.78, 5) is 17.9. The highest BCUT2D eigenvalue weighted by atomic mass is 16.2. The van der Waals surface area contributed by atoms with Crippen LogP contribution in [-0.2, 0) is 19.5 Å². The second-order valence-electron chi connectivity index (χ2n) is 5.72. The molecule has 2 N–H and O–H groups in total. The van der Waals surface area contributed by atoms with E-state index in [1.165, 1.54) is 11.4 Å². The van der Waals surface area contributed by atoms with E-state index in [1.807, 2.05) is 0 Å². The van der Waals surface area contributed by atoms with Crippen LogP contribution in [0.2, 0.25) is 0 Å². The molecule has 0 spiro atoms. The Kier molecular flexibility index (Phi) is 4.65. The van der Waals surface area contributed by atoms with Gasteiger partial charge < -0.3 is 20.1 Å². The van der Waals surface area contributed by atoms with Gasteiger partial charge in [0.25, 0.3) is 0 Å². The summed E-state index contributed by atoms with van der Waals surface area (Å²) in [5, 5.41) is 6.27. The second-order valence-corrected chi connectivity index (χ2v) is 5.72. The first-order valence-electron chi connectivity index (χ1n) is 7.24. The highest BCUT2D eigenvalue weighted by Gasteiger charge is 2.21. The maximum Gasteiger partial charge on any atom is 0.316 e. The molecule has 2 amide bonds. The first-order valence-corrected chi connectivity index (χ1v) is 7.24. The molecule has 0 atom stereocenters. The Morgan fingerprint density at radius 2 is 2.25 bits per heavy atom. The highest BCUT2D eigenvalue weighted by molar-refractivity contribution is 5.73. The molecule has 112 valence electrons. The summed E-state index contributed by atoms with van der Waals surface area (Å²) in [6, 6.07) is -0.0493. The zero-order chi connectivity index (χ0) is 14.7. The third-order valence-corrected chi connectivity index (χ3v) is 3.55. The normalized spacial score (nSPS) is 14.2. The Morgan fingerprint density at radius 1 is 1.50 bits per heavy atom. The molecule has 0 saturated heterocycles. The number of carbonyl (C=O) groups excluding carboxylic acids is 1. The van der Waals surface area contributed by atoms with Crippen molar-refractivity contribution in [2.75, 3.05) is 27.2 Å². The number of hydrogen-bond acceptors (Lipinski definition) is 3. The number of imidazole rings is 1. The minimum Gasteiger partial charge on any atom is -0.336 e. The lowest BCUT2D eigenvalue weighted by Crippen LogP contribution is -2.36. The number of hydrogen-bond donors (Lipinski definition) is 2. The summed E-state index contributed by atoms with van der Waals surface area (Å²) in [5.41, 5.74) is 2.49. The molecule has 6 nitrogen and oxygen atoms in total. The van der Waals surface area contributed by atoms with Gasteiger partial charge in [0.1, 0.15) is 5.82 Å². The van der Waals surface area contributed by atoms with E-state index in [1.54, 1.807) is 19.0 Å². The van der Waals surface area contributed by atoms with Crippen molar-refractivity contribution in [1.82, 2.24) is 25.1 Å². The van der Waals surface area contributed by atoms with Crippen LogP contribution in [0, 0.1) is 0 Å². The highest BCUT2D eigenvalue weighted by Crippen LogP contribution is 2.21. The third kappa shape index (κ3) is 3.12. The van der Waals surface area contributed by atoms with Crippen LogP contribution in [0.4, 0.5) is 4.79 Å². The van der Waals surface area contributed by atoms with Gasteiger partial charge in [-0.3, -0.25) is 0 Å². The van der Waals surface area contributed by atoms with E-state index < -0.39 is 0 Å². The Morgan fingerprint density at radius 3 is 2.90 bits per heavy atom. The van der Waals surface area contributed by atoms with Crippen LogP contribution in [0.1, 0.15) is 37.0 Å². The Hall–Kier alpha value is -1.56. The molecule has 0 aromatic carbocycles. The molecule has 0 saturated carbocycles. The fourth-order valence-electron chi connectivity index (χ4n) is 2.51. The molecule has 2 rings (SSSR count). The summed E-state index contributed by atoms with van der Waals surface area (Å²) in [6.07, 6.45) is 1.01. The van der Waals surface area contributed by atoms with Gasteiger partial charge >= 0.3 is 6.03 Å². The third-order valence-electron chi connectivity index (χ3n) is 3.55. The SMILES string of the molecule is CC(C)c1nc2c(n1CCNC(=O)N(C)C)CCNC2. The number of aromatic nitrogens is 2. The summed E-state index contributed by atoms with van der Waals surface area (Å²) in [5.74, 6) is 1.52. The Bertz CT molecular complexity index is 478. The molecular formula is C14H25N5O. The van der Waals surface area contributed by atoms with Crippen molar-refractivity contribution >= 4 is 6.03 Å². The minimum absolute atomic E-state index is 0.0493. The standard InChI is InChI=1S/C14H25N5O/c1-10(2)13-17-11-9-15-6-5-12(11)19(13)8-7-16-14(20)18(3)4/h10,15H,5-9H2,1-4H3,(H,16,20). The van der Waals surface area contributed by atoms with Gasteiger partial charge in [0, 0.05) is 58.3 Å². The second kappa shape index (κ2) is 6.26. The lowest BCUT2D eigenvalue weighted by Gasteiger charge is -2.18. The smallest absolute Gasteiger partial charge is 0.316 e. The molecule has 2 heterocycles. The average Bonchev–Trinajstić information content (AvgIpc) is 2.78. The van der Waals surface area contributed by atoms with Crippen LogP contribution in [0.3, 0.4) is 0 Å². The number of nitrogens with zero attached hydrogens (tertiary/aromatic N) is 3. The first-order chi connectivity index (χ1) is 9.50. The van der Waals surface area contributed by atoms with Gasteiger partial charge in [-0.2, -0.15) is 0 Å². The van der Waals surface area contributed by atoms with Gasteiger partial charge in [-0.1, -0.05) is 13.8 Å². The fraction of sp³-hybridized carbons (Fsp3) is 0.714. The van der Waals surface area contributed by atoms with E-state index in [4.69, 9.17) is 4.98 Å². The molecule has 1 aromatic rings.